The topological polar surface area (TPSA) is 90.5 Å². The SMILES string of the molecule is C[C@H]1NC(=O)[C@@H]2C[C@H](NC(=O)NC3CCCCC3)CN2C1=O. The molecule has 22 heavy (non-hydrogen) atoms. The lowest BCUT2D eigenvalue weighted by Crippen LogP contribution is -2.60. The van der Waals surface area contributed by atoms with Gasteiger partial charge in [-0.2, -0.15) is 0 Å². The van der Waals surface area contributed by atoms with Crippen LogP contribution in [0, 0.1) is 0 Å². The largest absolute Gasteiger partial charge is 0.343 e. The van der Waals surface area contributed by atoms with E-state index in [4.69, 9.17) is 0 Å². The van der Waals surface area contributed by atoms with Crippen LogP contribution in [0.15, 0.2) is 0 Å². The second kappa shape index (κ2) is 6.14. The van der Waals surface area contributed by atoms with Crippen molar-refractivity contribution in [1.29, 1.82) is 0 Å². The van der Waals surface area contributed by atoms with Gasteiger partial charge >= 0.3 is 6.03 Å². The van der Waals surface area contributed by atoms with Crippen molar-refractivity contribution in [3.8, 4) is 0 Å². The molecule has 3 fully saturated rings. The molecule has 3 N–H and O–H groups in total. The van der Waals surface area contributed by atoms with Gasteiger partial charge in [-0.25, -0.2) is 4.79 Å². The zero-order chi connectivity index (χ0) is 15.7. The number of rotatable bonds is 2. The van der Waals surface area contributed by atoms with Crippen LogP contribution >= 0.6 is 0 Å². The fraction of sp³-hybridized carbons (Fsp3) is 0.800. The van der Waals surface area contributed by atoms with E-state index in [2.05, 4.69) is 16.0 Å². The van der Waals surface area contributed by atoms with Gasteiger partial charge in [-0.05, 0) is 26.2 Å². The highest BCUT2D eigenvalue weighted by Crippen LogP contribution is 2.23. The first-order valence-corrected chi connectivity index (χ1v) is 8.22. The van der Waals surface area contributed by atoms with E-state index in [1.54, 1.807) is 11.8 Å². The predicted molar refractivity (Wildman–Crippen MR) is 80.1 cm³/mol. The quantitative estimate of drug-likeness (QED) is 0.676. The van der Waals surface area contributed by atoms with Crippen molar-refractivity contribution in [2.75, 3.05) is 6.54 Å². The van der Waals surface area contributed by atoms with Crippen LogP contribution in [0.1, 0.15) is 45.4 Å². The summed E-state index contributed by atoms with van der Waals surface area (Å²) in [5, 5.41) is 8.60. The summed E-state index contributed by atoms with van der Waals surface area (Å²) >= 11 is 0. The summed E-state index contributed by atoms with van der Waals surface area (Å²) in [6, 6.07) is -1.00. The van der Waals surface area contributed by atoms with Gasteiger partial charge in [0.25, 0.3) is 0 Å². The van der Waals surface area contributed by atoms with Crippen LogP contribution in [-0.4, -0.2) is 53.5 Å². The molecule has 122 valence electrons. The van der Waals surface area contributed by atoms with E-state index in [0.717, 1.165) is 25.7 Å². The highest BCUT2D eigenvalue weighted by atomic mass is 16.2. The van der Waals surface area contributed by atoms with Crippen molar-refractivity contribution in [2.45, 2.75) is 69.6 Å². The van der Waals surface area contributed by atoms with Crippen LogP contribution in [0.3, 0.4) is 0 Å². The Morgan fingerprint density at radius 1 is 1.14 bits per heavy atom. The van der Waals surface area contributed by atoms with Crippen LogP contribution in [0.2, 0.25) is 0 Å². The molecule has 0 bridgehead atoms. The number of carbonyl (C=O) groups is 3. The number of hydrogen-bond donors (Lipinski definition) is 3. The average molecular weight is 308 g/mol. The Morgan fingerprint density at radius 2 is 1.82 bits per heavy atom. The fourth-order valence-corrected chi connectivity index (χ4v) is 3.71. The Morgan fingerprint density at radius 3 is 2.55 bits per heavy atom. The second-order valence-corrected chi connectivity index (χ2v) is 6.62. The van der Waals surface area contributed by atoms with Crippen molar-refractivity contribution in [1.82, 2.24) is 20.9 Å². The van der Waals surface area contributed by atoms with Gasteiger partial charge in [-0.1, -0.05) is 19.3 Å². The standard InChI is InChI=1S/C15H24N4O3/c1-9-14(21)19-8-11(7-12(19)13(20)16-9)18-15(22)17-10-5-3-2-4-6-10/h9-12H,2-8H2,1H3,(H,16,20)(H2,17,18,22)/t9-,11+,12+/m1/s1. The molecule has 2 saturated heterocycles. The van der Waals surface area contributed by atoms with E-state index < -0.39 is 12.1 Å². The van der Waals surface area contributed by atoms with Crippen LogP contribution in [0.5, 0.6) is 0 Å². The molecule has 1 aliphatic carbocycles. The lowest BCUT2D eigenvalue weighted by atomic mass is 9.96. The Hall–Kier alpha value is -1.79. The predicted octanol–water partition coefficient (Wildman–Crippen LogP) is 0.106. The molecule has 2 heterocycles. The fourth-order valence-electron chi connectivity index (χ4n) is 3.71. The number of urea groups is 1. The Bertz CT molecular complexity index is 475. The molecule has 0 aromatic rings. The molecular formula is C15H24N4O3. The van der Waals surface area contributed by atoms with E-state index in [1.807, 2.05) is 0 Å². The maximum Gasteiger partial charge on any atom is 0.315 e. The molecule has 0 radical (unpaired) electrons. The van der Waals surface area contributed by atoms with Crippen LogP contribution < -0.4 is 16.0 Å². The minimum Gasteiger partial charge on any atom is -0.343 e. The van der Waals surface area contributed by atoms with E-state index >= 15 is 0 Å². The van der Waals surface area contributed by atoms with Crippen LogP contribution in [0.4, 0.5) is 4.79 Å². The van der Waals surface area contributed by atoms with Gasteiger partial charge in [0.15, 0.2) is 0 Å². The minimum atomic E-state index is -0.474. The summed E-state index contributed by atoms with van der Waals surface area (Å²) in [6.07, 6.45) is 6.13. The smallest absolute Gasteiger partial charge is 0.315 e. The first kappa shape index (κ1) is 15.1. The highest BCUT2D eigenvalue weighted by Gasteiger charge is 2.45. The lowest BCUT2D eigenvalue weighted by molar-refractivity contribution is -0.146. The van der Waals surface area contributed by atoms with Crippen molar-refractivity contribution < 1.29 is 14.4 Å². The zero-order valence-corrected chi connectivity index (χ0v) is 12.9. The summed E-state index contributed by atoms with van der Waals surface area (Å²) in [4.78, 5) is 37.7. The number of fused-ring (bicyclic) bond motifs is 1. The third kappa shape index (κ3) is 3.03. The maximum absolute atomic E-state index is 12.1. The second-order valence-electron chi connectivity index (χ2n) is 6.62. The number of nitrogens with one attached hydrogen (secondary N) is 3. The monoisotopic (exact) mass is 308 g/mol. The van der Waals surface area contributed by atoms with Gasteiger partial charge in [0, 0.05) is 12.6 Å². The molecule has 7 nitrogen and oxygen atoms in total. The maximum atomic E-state index is 12.1. The summed E-state index contributed by atoms with van der Waals surface area (Å²) in [7, 11) is 0. The Balaban J connectivity index is 1.52. The molecular weight excluding hydrogens is 284 g/mol. The Kier molecular flexibility index (Phi) is 4.22. The van der Waals surface area contributed by atoms with Crippen LogP contribution in [0.25, 0.3) is 0 Å². The van der Waals surface area contributed by atoms with E-state index in [1.165, 1.54) is 6.42 Å². The molecule has 0 aromatic carbocycles. The van der Waals surface area contributed by atoms with Crippen molar-refractivity contribution in [2.24, 2.45) is 0 Å². The lowest BCUT2D eigenvalue weighted by Gasteiger charge is -2.32. The molecule has 4 amide bonds. The summed E-state index contributed by atoms with van der Waals surface area (Å²) in [5.74, 6) is -0.189. The molecule has 0 unspecified atom stereocenters. The third-order valence-corrected chi connectivity index (χ3v) is 4.89. The molecule has 7 heteroatoms. The van der Waals surface area contributed by atoms with E-state index in [-0.39, 0.29) is 29.9 Å². The van der Waals surface area contributed by atoms with Gasteiger partial charge in [0.2, 0.25) is 11.8 Å². The number of nitrogens with zero attached hydrogens (tertiary/aromatic N) is 1. The summed E-state index contributed by atoms with van der Waals surface area (Å²) < 4.78 is 0. The first-order valence-electron chi connectivity index (χ1n) is 8.22. The molecule has 0 aromatic heterocycles. The van der Waals surface area contributed by atoms with E-state index in [0.29, 0.717) is 13.0 Å². The highest BCUT2D eigenvalue weighted by molar-refractivity contribution is 5.97. The molecule has 3 atom stereocenters. The summed E-state index contributed by atoms with van der Waals surface area (Å²) in [6.45, 7) is 2.10. The molecule has 2 aliphatic heterocycles. The number of amides is 4. The number of hydrogen-bond acceptors (Lipinski definition) is 3. The van der Waals surface area contributed by atoms with Gasteiger partial charge in [0.1, 0.15) is 12.1 Å². The number of piperazine rings is 1. The van der Waals surface area contributed by atoms with Gasteiger partial charge in [-0.3, -0.25) is 9.59 Å². The Labute approximate surface area is 130 Å². The van der Waals surface area contributed by atoms with Gasteiger partial charge < -0.3 is 20.9 Å². The van der Waals surface area contributed by atoms with Crippen molar-refractivity contribution in [3.63, 3.8) is 0 Å². The minimum absolute atomic E-state index is 0.0680. The van der Waals surface area contributed by atoms with Gasteiger partial charge in [0.05, 0.1) is 6.04 Å². The van der Waals surface area contributed by atoms with Crippen LogP contribution in [-0.2, 0) is 9.59 Å². The van der Waals surface area contributed by atoms with Crippen molar-refractivity contribution in [3.05, 3.63) is 0 Å². The summed E-state index contributed by atoms with van der Waals surface area (Å²) in [5.41, 5.74) is 0. The zero-order valence-electron chi connectivity index (χ0n) is 12.9. The third-order valence-electron chi connectivity index (χ3n) is 4.89. The normalized spacial score (nSPS) is 32.4. The van der Waals surface area contributed by atoms with Gasteiger partial charge in [-0.15, -0.1) is 0 Å². The molecule has 3 rings (SSSR count). The number of carbonyl (C=O) groups excluding carboxylic acids is 3. The molecule has 3 aliphatic rings. The van der Waals surface area contributed by atoms with Crippen molar-refractivity contribution >= 4 is 17.8 Å². The van der Waals surface area contributed by atoms with E-state index in [9.17, 15) is 14.4 Å². The molecule has 1 saturated carbocycles. The first-order chi connectivity index (χ1) is 10.5. The molecule has 0 spiro atoms. The average Bonchev–Trinajstić information content (AvgIpc) is 2.90.